The van der Waals surface area contributed by atoms with E-state index in [0.29, 0.717) is 5.69 Å². The van der Waals surface area contributed by atoms with Crippen LogP contribution in [-0.2, 0) is 0 Å². The molecule has 1 fully saturated rings. The molecule has 0 spiro atoms. The zero-order chi connectivity index (χ0) is 11.8. The largest absolute Gasteiger partial charge is 0.506 e. The Morgan fingerprint density at radius 1 is 1.31 bits per heavy atom. The average molecular weight is 221 g/mol. The van der Waals surface area contributed by atoms with Gasteiger partial charge in [0.1, 0.15) is 5.75 Å². The molecular formula is C14H23NO. The summed E-state index contributed by atoms with van der Waals surface area (Å²) < 4.78 is 0. The fourth-order valence-corrected chi connectivity index (χ4v) is 1.76. The maximum Gasteiger partial charge on any atom is 0.138 e. The molecule has 0 heterocycles. The minimum Gasteiger partial charge on any atom is -0.506 e. The number of nitrogen functional groups attached to an aromatic ring is 1. The summed E-state index contributed by atoms with van der Waals surface area (Å²) in [6.07, 6.45) is 8.92. The second-order valence-electron chi connectivity index (χ2n) is 4.50. The zero-order valence-electron chi connectivity index (χ0n) is 10.2. The van der Waals surface area contributed by atoms with Gasteiger partial charge < -0.3 is 10.8 Å². The van der Waals surface area contributed by atoms with E-state index < -0.39 is 0 Å². The predicted molar refractivity (Wildman–Crippen MR) is 69.4 cm³/mol. The molecule has 0 saturated heterocycles. The van der Waals surface area contributed by atoms with Crippen LogP contribution in [0.15, 0.2) is 24.3 Å². The van der Waals surface area contributed by atoms with Crippen molar-refractivity contribution >= 4 is 5.69 Å². The van der Waals surface area contributed by atoms with Gasteiger partial charge in [-0.2, -0.15) is 0 Å². The number of rotatable bonds is 3. The Morgan fingerprint density at radius 2 is 2.00 bits per heavy atom. The van der Waals surface area contributed by atoms with Gasteiger partial charge in [0.2, 0.25) is 0 Å². The highest BCUT2D eigenvalue weighted by molar-refractivity contribution is 5.50. The van der Waals surface area contributed by atoms with Gasteiger partial charge in [0.25, 0.3) is 0 Å². The van der Waals surface area contributed by atoms with E-state index in [9.17, 15) is 0 Å². The maximum atomic E-state index is 8.79. The van der Waals surface area contributed by atoms with Gasteiger partial charge in [-0.3, -0.25) is 0 Å². The Kier molecular flexibility index (Phi) is 5.76. The van der Waals surface area contributed by atoms with E-state index in [4.69, 9.17) is 10.8 Å². The minimum absolute atomic E-state index is 0.146. The lowest BCUT2D eigenvalue weighted by Gasteiger charge is -2.24. The van der Waals surface area contributed by atoms with E-state index in [0.717, 1.165) is 5.92 Å². The van der Waals surface area contributed by atoms with Gasteiger partial charge in [0.15, 0.2) is 0 Å². The van der Waals surface area contributed by atoms with Crippen molar-refractivity contribution in [3.8, 4) is 5.75 Å². The molecule has 90 valence electrons. The number of benzene rings is 1. The molecule has 1 saturated carbocycles. The van der Waals surface area contributed by atoms with E-state index in [1.165, 1.54) is 38.5 Å². The Balaban J connectivity index is 0.000000160. The molecule has 0 atom stereocenters. The fraction of sp³-hybridized carbons (Fsp3) is 0.571. The van der Waals surface area contributed by atoms with Crippen LogP contribution in [0.2, 0.25) is 0 Å². The summed E-state index contributed by atoms with van der Waals surface area (Å²) in [5, 5.41) is 8.79. The molecule has 1 aliphatic carbocycles. The normalized spacial score (nSPS) is 14.8. The molecule has 0 aliphatic heterocycles. The number of aromatic hydroxyl groups is 1. The predicted octanol–water partition coefficient (Wildman–Crippen LogP) is 3.95. The Labute approximate surface area is 98.5 Å². The highest BCUT2D eigenvalue weighted by Crippen LogP contribution is 2.30. The number of unbranched alkanes of at least 4 members (excludes halogenated alkanes) is 1. The lowest BCUT2D eigenvalue weighted by Crippen LogP contribution is -2.09. The second-order valence-corrected chi connectivity index (χ2v) is 4.50. The van der Waals surface area contributed by atoms with Crippen LogP contribution in [0.5, 0.6) is 5.75 Å². The molecule has 1 aromatic rings. The third-order valence-corrected chi connectivity index (χ3v) is 3.13. The number of anilines is 1. The lowest BCUT2D eigenvalue weighted by molar-refractivity contribution is 0.289. The fourth-order valence-electron chi connectivity index (χ4n) is 1.76. The molecule has 2 heteroatoms. The SMILES string of the molecule is CCCCC1CCC1.Nc1ccccc1O. The maximum absolute atomic E-state index is 8.79. The second kappa shape index (κ2) is 7.15. The van der Waals surface area contributed by atoms with E-state index in [-0.39, 0.29) is 5.75 Å². The summed E-state index contributed by atoms with van der Waals surface area (Å²) in [6, 6.07) is 6.70. The van der Waals surface area contributed by atoms with Crippen molar-refractivity contribution in [2.45, 2.75) is 45.4 Å². The molecule has 1 aliphatic rings. The van der Waals surface area contributed by atoms with Gasteiger partial charge in [-0.1, -0.05) is 57.6 Å². The van der Waals surface area contributed by atoms with Gasteiger partial charge in [-0.05, 0) is 18.1 Å². The monoisotopic (exact) mass is 221 g/mol. The first-order chi connectivity index (χ1) is 7.74. The molecule has 0 aromatic heterocycles. The Bertz CT molecular complexity index is 274. The lowest BCUT2D eigenvalue weighted by atomic mass is 9.82. The van der Waals surface area contributed by atoms with Crippen molar-refractivity contribution in [1.29, 1.82) is 0 Å². The summed E-state index contributed by atoms with van der Waals surface area (Å²) in [4.78, 5) is 0. The van der Waals surface area contributed by atoms with Crippen LogP contribution in [0, 0.1) is 5.92 Å². The first kappa shape index (κ1) is 12.9. The van der Waals surface area contributed by atoms with Crippen molar-refractivity contribution in [2.24, 2.45) is 5.92 Å². The topological polar surface area (TPSA) is 46.2 Å². The quantitative estimate of drug-likeness (QED) is 0.599. The van der Waals surface area contributed by atoms with Crippen LogP contribution in [0.25, 0.3) is 0 Å². The first-order valence-corrected chi connectivity index (χ1v) is 6.27. The molecule has 2 rings (SSSR count). The number of hydrogen-bond acceptors (Lipinski definition) is 2. The summed E-state index contributed by atoms with van der Waals surface area (Å²) in [6.45, 7) is 2.28. The van der Waals surface area contributed by atoms with E-state index in [1.807, 2.05) is 0 Å². The molecular weight excluding hydrogens is 198 g/mol. The summed E-state index contributed by atoms with van der Waals surface area (Å²) in [7, 11) is 0. The number of phenols is 1. The van der Waals surface area contributed by atoms with Crippen molar-refractivity contribution in [3.05, 3.63) is 24.3 Å². The van der Waals surface area contributed by atoms with Crippen molar-refractivity contribution in [3.63, 3.8) is 0 Å². The molecule has 2 nitrogen and oxygen atoms in total. The van der Waals surface area contributed by atoms with Crippen LogP contribution in [0.1, 0.15) is 45.4 Å². The number of nitrogens with two attached hydrogens (primary N) is 1. The third kappa shape index (κ3) is 4.56. The molecule has 0 bridgehead atoms. The zero-order valence-corrected chi connectivity index (χ0v) is 10.2. The van der Waals surface area contributed by atoms with Crippen LogP contribution in [0.4, 0.5) is 5.69 Å². The van der Waals surface area contributed by atoms with Crippen LogP contribution >= 0.6 is 0 Å². The van der Waals surface area contributed by atoms with Crippen LogP contribution in [0.3, 0.4) is 0 Å². The summed E-state index contributed by atoms with van der Waals surface area (Å²) in [5.41, 5.74) is 5.69. The Hall–Kier alpha value is -1.18. The average Bonchev–Trinajstić information content (AvgIpc) is 2.22. The van der Waals surface area contributed by atoms with Crippen LogP contribution < -0.4 is 5.73 Å². The highest BCUT2D eigenvalue weighted by Gasteiger charge is 2.15. The Morgan fingerprint density at radius 3 is 2.38 bits per heavy atom. The highest BCUT2D eigenvalue weighted by atomic mass is 16.3. The smallest absolute Gasteiger partial charge is 0.138 e. The number of para-hydroxylation sites is 2. The molecule has 1 aromatic carbocycles. The van der Waals surface area contributed by atoms with Gasteiger partial charge in [-0.25, -0.2) is 0 Å². The van der Waals surface area contributed by atoms with Gasteiger partial charge >= 0.3 is 0 Å². The molecule has 0 unspecified atom stereocenters. The van der Waals surface area contributed by atoms with E-state index >= 15 is 0 Å². The van der Waals surface area contributed by atoms with Crippen molar-refractivity contribution < 1.29 is 5.11 Å². The third-order valence-electron chi connectivity index (χ3n) is 3.13. The number of hydrogen-bond donors (Lipinski definition) is 2. The van der Waals surface area contributed by atoms with Crippen molar-refractivity contribution in [2.75, 3.05) is 5.73 Å². The van der Waals surface area contributed by atoms with E-state index in [1.54, 1.807) is 24.3 Å². The van der Waals surface area contributed by atoms with Crippen molar-refractivity contribution in [1.82, 2.24) is 0 Å². The van der Waals surface area contributed by atoms with E-state index in [2.05, 4.69) is 6.92 Å². The van der Waals surface area contributed by atoms with Gasteiger partial charge in [0, 0.05) is 0 Å². The summed E-state index contributed by atoms with van der Waals surface area (Å²) in [5.74, 6) is 1.28. The van der Waals surface area contributed by atoms with Gasteiger partial charge in [-0.15, -0.1) is 0 Å². The van der Waals surface area contributed by atoms with Crippen LogP contribution in [-0.4, -0.2) is 5.11 Å². The number of phenolic OH excluding ortho intramolecular Hbond substituents is 1. The summed E-state index contributed by atoms with van der Waals surface area (Å²) >= 11 is 0. The minimum atomic E-state index is 0.146. The standard InChI is InChI=1S/C8H16.C6H7NO/c1-2-3-5-8-6-4-7-8;7-5-3-1-2-4-6(5)8/h8H,2-7H2,1H3;1-4,8H,7H2. The molecule has 16 heavy (non-hydrogen) atoms. The first-order valence-electron chi connectivity index (χ1n) is 6.27. The molecule has 0 amide bonds. The molecule has 0 radical (unpaired) electrons. The van der Waals surface area contributed by atoms with Gasteiger partial charge in [0.05, 0.1) is 5.69 Å². The molecule has 3 N–H and O–H groups in total.